The van der Waals surface area contributed by atoms with Crippen LogP contribution in [-0.4, -0.2) is 165 Å². The number of carbonyl (C=O) groups excluding carboxylic acids is 5. The molecule has 3 aliphatic rings. The van der Waals surface area contributed by atoms with Crippen LogP contribution in [0.1, 0.15) is 50.2 Å². The van der Waals surface area contributed by atoms with Gasteiger partial charge in [0.05, 0.1) is 64.6 Å². The van der Waals surface area contributed by atoms with E-state index in [0.717, 1.165) is 22.3 Å². The molecule has 0 unspecified atom stereocenters. The average molecular weight is 853 g/mol. The van der Waals surface area contributed by atoms with Gasteiger partial charge in [-0.3, -0.25) is 19.2 Å². The Labute approximate surface area is 353 Å². The van der Waals surface area contributed by atoms with Crippen LogP contribution in [0, 0.1) is 0 Å². The highest BCUT2D eigenvalue weighted by Gasteiger charge is 2.48. The molecule has 2 heterocycles. The molecule has 1 aliphatic carbocycles. The van der Waals surface area contributed by atoms with Crippen molar-refractivity contribution in [1.82, 2.24) is 20.4 Å². The van der Waals surface area contributed by atoms with E-state index >= 15 is 0 Å². The lowest BCUT2D eigenvalue weighted by atomic mass is 9.98. The number of aliphatic hydroxyl groups is 2. The van der Waals surface area contributed by atoms with Gasteiger partial charge in [0.1, 0.15) is 30.8 Å². The lowest BCUT2D eigenvalue weighted by Gasteiger charge is -2.33. The topological polar surface area (TPSA) is 277 Å². The van der Waals surface area contributed by atoms with Gasteiger partial charge in [0, 0.05) is 36.9 Å². The van der Waals surface area contributed by atoms with Gasteiger partial charge in [-0.25, -0.2) is 4.79 Å². The molecule has 7 atom stereocenters. The smallest absolute Gasteiger partial charge is 0.407 e. The standard InChI is InChI=1S/C41H56N8O12/c1-25(50)35(37(42)52)45-38(53)33-12-7-14-48(33)39(54)34-22-27(60-21-20-59-19-18-58-17-16-57-15-13-44-47-43)23-49(34)40(55)36(26(2)51)46-41(56)61-24-32-30-10-5-3-8-28(30)29-9-4-6-11-31(29)32/h3-6,8-11,25-27,32-36,50-51H,7,12-24H2,1-2H3,(H2,42,52)(H,45,53)(H,46,56)/t25-,26-,27-,33+,34+,35+,36+/m1/s1. The zero-order valence-electron chi connectivity index (χ0n) is 34.4. The summed E-state index contributed by atoms with van der Waals surface area (Å²) in [4.78, 5) is 72.5. The number of hydrogen-bond acceptors (Lipinski definition) is 13. The molecular weight excluding hydrogens is 796 g/mol. The molecule has 0 bridgehead atoms. The summed E-state index contributed by atoms with van der Waals surface area (Å²) in [6.07, 6.45) is -3.54. The number of hydrogen-bond donors (Lipinski definition) is 5. The maximum absolute atomic E-state index is 14.3. The lowest BCUT2D eigenvalue weighted by molar-refractivity contribution is -0.148. The van der Waals surface area contributed by atoms with E-state index < -0.39 is 72.2 Å². The van der Waals surface area contributed by atoms with Crippen molar-refractivity contribution in [2.75, 3.05) is 72.5 Å². The fraction of sp³-hybridized carbons (Fsp3) is 0.585. The monoisotopic (exact) mass is 852 g/mol. The van der Waals surface area contributed by atoms with E-state index in [-0.39, 0.29) is 64.8 Å². The molecule has 20 heteroatoms. The molecule has 5 rings (SSSR count). The minimum atomic E-state index is -1.51. The fourth-order valence-electron chi connectivity index (χ4n) is 7.87. The van der Waals surface area contributed by atoms with Crippen LogP contribution in [0.3, 0.4) is 0 Å². The summed E-state index contributed by atoms with van der Waals surface area (Å²) in [5.41, 5.74) is 17.7. The van der Waals surface area contributed by atoms with Gasteiger partial charge in [-0.2, -0.15) is 0 Å². The Kier molecular flexibility index (Phi) is 17.6. The molecule has 0 aromatic heterocycles. The molecule has 2 fully saturated rings. The van der Waals surface area contributed by atoms with Crippen LogP contribution in [0.2, 0.25) is 0 Å². The summed E-state index contributed by atoms with van der Waals surface area (Å²) >= 11 is 0. The molecule has 2 aliphatic heterocycles. The van der Waals surface area contributed by atoms with Gasteiger partial charge in [0.15, 0.2) is 0 Å². The summed E-state index contributed by atoms with van der Waals surface area (Å²) < 4.78 is 28.1. The zero-order valence-corrected chi connectivity index (χ0v) is 34.4. The molecule has 0 spiro atoms. The van der Waals surface area contributed by atoms with Crippen molar-refractivity contribution in [3.8, 4) is 11.1 Å². The van der Waals surface area contributed by atoms with Crippen molar-refractivity contribution in [2.24, 2.45) is 10.8 Å². The first-order valence-electron chi connectivity index (χ1n) is 20.5. The summed E-state index contributed by atoms with van der Waals surface area (Å²) in [6, 6.07) is 10.6. The third-order valence-electron chi connectivity index (χ3n) is 10.8. The van der Waals surface area contributed by atoms with Crippen LogP contribution in [0.5, 0.6) is 0 Å². The van der Waals surface area contributed by atoms with Gasteiger partial charge >= 0.3 is 6.09 Å². The molecule has 0 saturated carbocycles. The Morgan fingerprint density at radius 3 is 2.02 bits per heavy atom. The first-order chi connectivity index (χ1) is 29.4. The first kappa shape index (κ1) is 46.7. The van der Waals surface area contributed by atoms with Gasteiger partial charge in [-0.15, -0.1) is 0 Å². The number of nitrogens with one attached hydrogen (secondary N) is 2. The van der Waals surface area contributed by atoms with E-state index in [2.05, 4.69) is 20.7 Å². The van der Waals surface area contributed by atoms with E-state index in [1.54, 1.807) is 0 Å². The van der Waals surface area contributed by atoms with Crippen molar-refractivity contribution in [3.05, 3.63) is 70.1 Å². The van der Waals surface area contributed by atoms with Gasteiger partial charge < -0.3 is 60.1 Å². The van der Waals surface area contributed by atoms with E-state index in [1.165, 1.54) is 23.6 Å². The zero-order chi connectivity index (χ0) is 43.9. The Morgan fingerprint density at radius 1 is 0.836 bits per heavy atom. The number of ether oxygens (including phenoxy) is 5. The van der Waals surface area contributed by atoms with E-state index in [0.29, 0.717) is 32.8 Å². The Balaban J connectivity index is 1.22. The minimum Gasteiger partial charge on any atom is -0.449 e. The maximum Gasteiger partial charge on any atom is 0.407 e. The lowest BCUT2D eigenvalue weighted by Crippen LogP contribution is -2.59. The second kappa shape index (κ2) is 23.0. The number of nitrogens with two attached hydrogens (primary N) is 1. The Hall–Kier alpha value is -5.34. The summed E-state index contributed by atoms with van der Waals surface area (Å²) in [7, 11) is 0. The average Bonchev–Trinajstić information content (AvgIpc) is 3.99. The van der Waals surface area contributed by atoms with Crippen molar-refractivity contribution >= 4 is 29.7 Å². The number of carbonyl (C=O) groups is 5. The maximum atomic E-state index is 14.3. The molecule has 6 N–H and O–H groups in total. The number of rotatable bonds is 23. The summed E-state index contributed by atoms with van der Waals surface area (Å²) in [6.45, 7) is 4.73. The SMILES string of the molecule is C[C@@H](O)[C@H](NC(=O)[C@@H]1CCCN1C(=O)[C@@H]1C[C@@H](OCCOCCOCCOCCN=[N+]=[N-])CN1C(=O)[C@@H](NC(=O)OCC1c2ccccc2-c2ccccc21)[C@@H](C)O)C(N)=O. The number of likely N-dealkylation sites (tertiary alicyclic amines) is 2. The largest absolute Gasteiger partial charge is 0.449 e. The van der Waals surface area contributed by atoms with Crippen molar-refractivity contribution in [2.45, 2.75) is 81.5 Å². The van der Waals surface area contributed by atoms with E-state index in [4.69, 9.17) is 34.9 Å². The van der Waals surface area contributed by atoms with Crippen LogP contribution in [0.4, 0.5) is 4.79 Å². The molecule has 2 aromatic rings. The Morgan fingerprint density at radius 2 is 1.43 bits per heavy atom. The summed E-state index contributed by atoms with van der Waals surface area (Å²) in [5, 5.41) is 29.2. The first-order valence-corrected chi connectivity index (χ1v) is 20.5. The highest BCUT2D eigenvalue weighted by atomic mass is 16.6. The van der Waals surface area contributed by atoms with Gasteiger partial charge in [0.25, 0.3) is 0 Å². The number of primary amides is 1. The van der Waals surface area contributed by atoms with Crippen molar-refractivity contribution < 1.29 is 57.9 Å². The molecule has 0 radical (unpaired) electrons. The van der Waals surface area contributed by atoms with Crippen LogP contribution in [0.25, 0.3) is 21.6 Å². The number of fused-ring (bicyclic) bond motifs is 3. The van der Waals surface area contributed by atoms with Gasteiger partial charge in [-0.1, -0.05) is 53.6 Å². The number of nitrogens with zero attached hydrogens (tertiary/aromatic N) is 5. The second-order valence-corrected chi connectivity index (χ2v) is 15.0. The van der Waals surface area contributed by atoms with Crippen LogP contribution < -0.4 is 16.4 Å². The molecule has 2 saturated heterocycles. The normalized spacial score (nSPS) is 20.2. The highest BCUT2D eigenvalue weighted by Crippen LogP contribution is 2.44. The molecule has 20 nitrogen and oxygen atoms in total. The van der Waals surface area contributed by atoms with E-state index in [9.17, 15) is 34.2 Å². The van der Waals surface area contributed by atoms with Crippen LogP contribution in [-0.2, 0) is 42.9 Å². The molecule has 332 valence electrons. The molecular formula is C41H56N8O12. The van der Waals surface area contributed by atoms with Gasteiger partial charge in [0.2, 0.25) is 23.6 Å². The highest BCUT2D eigenvalue weighted by molar-refractivity contribution is 5.96. The number of azide groups is 1. The van der Waals surface area contributed by atoms with E-state index in [1.807, 2.05) is 48.5 Å². The second-order valence-electron chi connectivity index (χ2n) is 15.0. The quantitative estimate of drug-likeness (QED) is 0.0453. The molecule has 2 aromatic carbocycles. The third-order valence-corrected chi connectivity index (χ3v) is 10.8. The summed E-state index contributed by atoms with van der Waals surface area (Å²) in [5.74, 6) is -3.20. The predicted octanol–water partition coefficient (Wildman–Crippen LogP) is 0.963. The molecule has 61 heavy (non-hydrogen) atoms. The predicted molar refractivity (Wildman–Crippen MR) is 218 cm³/mol. The number of alkyl carbamates (subject to hydrolysis) is 1. The van der Waals surface area contributed by atoms with Crippen molar-refractivity contribution in [1.29, 1.82) is 0 Å². The van der Waals surface area contributed by atoms with Gasteiger partial charge in [-0.05, 0) is 54.5 Å². The Bertz CT molecular complexity index is 1830. The van der Waals surface area contributed by atoms with Crippen molar-refractivity contribution in [3.63, 3.8) is 0 Å². The van der Waals surface area contributed by atoms with Crippen LogP contribution in [0.15, 0.2) is 53.6 Å². The number of aliphatic hydroxyl groups excluding tert-OH is 2. The minimum absolute atomic E-state index is 0.0336. The number of benzene rings is 2. The van der Waals surface area contributed by atoms with Crippen LogP contribution >= 0.6 is 0 Å². The third kappa shape index (κ3) is 12.4. The fourth-order valence-corrected chi connectivity index (χ4v) is 7.87. The number of amides is 5. The molecule has 5 amide bonds.